The average molecular weight is 229 g/mol. The Bertz CT molecular complexity index is 200. The molecule has 0 bridgehead atoms. The van der Waals surface area contributed by atoms with Gasteiger partial charge in [-0.15, -0.1) is 0 Å². The standard InChI is InChI=1S/C11H23N3S/c1-3-10(2)8-13-4-6-14(7-5-13)9-11(12)15/h10H,3-9H2,1-2H3,(H2,12,15). The van der Waals surface area contributed by atoms with Crippen molar-refractivity contribution in [2.24, 2.45) is 11.7 Å². The van der Waals surface area contributed by atoms with Crippen LogP contribution in [0.25, 0.3) is 0 Å². The number of hydrogen-bond acceptors (Lipinski definition) is 3. The van der Waals surface area contributed by atoms with Crippen molar-refractivity contribution in [3.63, 3.8) is 0 Å². The van der Waals surface area contributed by atoms with Gasteiger partial charge in [-0.2, -0.15) is 0 Å². The van der Waals surface area contributed by atoms with Crippen LogP contribution in [-0.2, 0) is 0 Å². The molecule has 15 heavy (non-hydrogen) atoms. The summed E-state index contributed by atoms with van der Waals surface area (Å²) in [5.74, 6) is 0.812. The van der Waals surface area contributed by atoms with Crippen LogP contribution in [0.2, 0.25) is 0 Å². The third-order valence-corrected chi connectivity index (χ3v) is 3.24. The second-order valence-electron chi connectivity index (χ2n) is 4.56. The Balaban J connectivity index is 2.20. The highest BCUT2D eigenvalue weighted by Gasteiger charge is 2.17. The van der Waals surface area contributed by atoms with Crippen LogP contribution in [0, 0.1) is 5.92 Å². The monoisotopic (exact) mass is 229 g/mol. The molecule has 1 atom stereocenters. The van der Waals surface area contributed by atoms with Gasteiger partial charge in [-0.1, -0.05) is 32.5 Å². The van der Waals surface area contributed by atoms with Gasteiger partial charge in [-0.05, 0) is 5.92 Å². The first kappa shape index (κ1) is 12.9. The molecule has 1 fully saturated rings. The van der Waals surface area contributed by atoms with E-state index in [4.69, 9.17) is 18.0 Å². The molecule has 0 aromatic carbocycles. The summed E-state index contributed by atoms with van der Waals surface area (Å²) in [6, 6.07) is 0. The number of hydrogen-bond donors (Lipinski definition) is 1. The molecule has 0 amide bonds. The maximum Gasteiger partial charge on any atom is 0.0870 e. The smallest absolute Gasteiger partial charge is 0.0870 e. The molecule has 0 aromatic heterocycles. The molecule has 4 heteroatoms. The highest BCUT2D eigenvalue weighted by atomic mass is 32.1. The Kier molecular flexibility index (Phi) is 5.50. The summed E-state index contributed by atoms with van der Waals surface area (Å²) in [6.45, 7) is 11.1. The van der Waals surface area contributed by atoms with E-state index in [0.29, 0.717) is 4.99 Å². The van der Waals surface area contributed by atoms with E-state index in [2.05, 4.69) is 23.6 Å². The second kappa shape index (κ2) is 6.40. The Morgan fingerprint density at radius 2 is 1.80 bits per heavy atom. The molecule has 0 spiro atoms. The molecular weight excluding hydrogens is 206 g/mol. The molecule has 0 aliphatic carbocycles. The van der Waals surface area contributed by atoms with Crippen LogP contribution in [0.3, 0.4) is 0 Å². The predicted octanol–water partition coefficient (Wildman–Crippen LogP) is 0.936. The highest BCUT2D eigenvalue weighted by molar-refractivity contribution is 7.80. The number of nitrogens with zero attached hydrogens (tertiary/aromatic N) is 2. The van der Waals surface area contributed by atoms with Crippen LogP contribution in [0.5, 0.6) is 0 Å². The highest BCUT2D eigenvalue weighted by Crippen LogP contribution is 2.07. The largest absolute Gasteiger partial charge is 0.392 e. The lowest BCUT2D eigenvalue weighted by Crippen LogP contribution is -2.49. The van der Waals surface area contributed by atoms with E-state index in [1.54, 1.807) is 0 Å². The molecule has 0 saturated carbocycles. The van der Waals surface area contributed by atoms with Crippen LogP contribution >= 0.6 is 12.2 Å². The quantitative estimate of drug-likeness (QED) is 0.711. The van der Waals surface area contributed by atoms with E-state index in [0.717, 1.165) is 38.6 Å². The molecule has 1 aliphatic rings. The third kappa shape index (κ3) is 4.91. The zero-order valence-electron chi connectivity index (χ0n) is 9.91. The number of rotatable bonds is 5. The summed E-state index contributed by atoms with van der Waals surface area (Å²) in [7, 11) is 0. The Labute approximate surface area is 98.6 Å². The molecule has 1 heterocycles. The first-order valence-corrected chi connectivity index (χ1v) is 6.25. The van der Waals surface area contributed by atoms with Gasteiger partial charge in [0.15, 0.2) is 0 Å². The van der Waals surface area contributed by atoms with E-state index in [1.165, 1.54) is 13.0 Å². The minimum Gasteiger partial charge on any atom is -0.392 e. The Morgan fingerprint density at radius 1 is 1.27 bits per heavy atom. The predicted molar refractivity (Wildman–Crippen MR) is 69.1 cm³/mol. The molecule has 1 unspecified atom stereocenters. The van der Waals surface area contributed by atoms with Crippen molar-refractivity contribution in [2.75, 3.05) is 39.3 Å². The van der Waals surface area contributed by atoms with Gasteiger partial charge in [0.1, 0.15) is 0 Å². The fourth-order valence-electron chi connectivity index (χ4n) is 1.92. The summed E-state index contributed by atoms with van der Waals surface area (Å²) < 4.78 is 0. The summed E-state index contributed by atoms with van der Waals surface area (Å²) in [5, 5.41) is 0. The van der Waals surface area contributed by atoms with Gasteiger partial charge in [-0.25, -0.2) is 0 Å². The molecule has 0 radical (unpaired) electrons. The third-order valence-electron chi connectivity index (χ3n) is 3.11. The summed E-state index contributed by atoms with van der Waals surface area (Å²) in [4.78, 5) is 5.50. The molecular formula is C11H23N3S. The molecule has 1 aliphatic heterocycles. The Hall–Kier alpha value is -0.190. The Morgan fingerprint density at radius 3 is 2.27 bits per heavy atom. The van der Waals surface area contributed by atoms with Crippen LogP contribution in [0.15, 0.2) is 0 Å². The number of nitrogens with two attached hydrogens (primary N) is 1. The van der Waals surface area contributed by atoms with E-state index in [-0.39, 0.29) is 0 Å². The molecule has 2 N–H and O–H groups in total. The van der Waals surface area contributed by atoms with E-state index >= 15 is 0 Å². The summed E-state index contributed by atoms with van der Waals surface area (Å²) >= 11 is 4.92. The average Bonchev–Trinajstić information content (AvgIpc) is 2.20. The van der Waals surface area contributed by atoms with Gasteiger partial charge in [-0.3, -0.25) is 4.90 Å². The normalized spacial score (nSPS) is 21.5. The molecule has 88 valence electrons. The fraction of sp³-hybridized carbons (Fsp3) is 0.909. The maximum atomic E-state index is 5.54. The van der Waals surface area contributed by atoms with E-state index in [1.807, 2.05) is 0 Å². The molecule has 1 rings (SSSR count). The zero-order valence-corrected chi connectivity index (χ0v) is 10.7. The lowest BCUT2D eigenvalue weighted by molar-refractivity contribution is 0.131. The first-order chi connectivity index (χ1) is 7.11. The van der Waals surface area contributed by atoms with Gasteiger partial charge >= 0.3 is 0 Å². The van der Waals surface area contributed by atoms with E-state index in [9.17, 15) is 0 Å². The van der Waals surface area contributed by atoms with Gasteiger partial charge in [0.2, 0.25) is 0 Å². The minimum atomic E-state index is 0.616. The number of piperazine rings is 1. The van der Waals surface area contributed by atoms with Gasteiger partial charge in [0.25, 0.3) is 0 Å². The van der Waals surface area contributed by atoms with Crippen molar-refractivity contribution < 1.29 is 0 Å². The van der Waals surface area contributed by atoms with Gasteiger partial charge < -0.3 is 10.6 Å². The van der Waals surface area contributed by atoms with Crippen molar-refractivity contribution in [2.45, 2.75) is 20.3 Å². The van der Waals surface area contributed by atoms with Crippen molar-refractivity contribution in [1.29, 1.82) is 0 Å². The SMILES string of the molecule is CCC(C)CN1CCN(CC(N)=S)CC1. The van der Waals surface area contributed by atoms with Gasteiger partial charge in [0, 0.05) is 39.3 Å². The molecule has 0 aromatic rings. The van der Waals surface area contributed by atoms with Crippen LogP contribution in [-0.4, -0.2) is 54.1 Å². The second-order valence-corrected chi connectivity index (χ2v) is 5.08. The van der Waals surface area contributed by atoms with E-state index < -0.39 is 0 Å². The maximum absolute atomic E-state index is 5.54. The summed E-state index contributed by atoms with van der Waals surface area (Å²) in [6.07, 6.45) is 1.27. The summed E-state index contributed by atoms with van der Waals surface area (Å²) in [5.41, 5.74) is 5.54. The van der Waals surface area contributed by atoms with Crippen molar-refractivity contribution in [3.8, 4) is 0 Å². The number of thiocarbonyl (C=S) groups is 1. The first-order valence-electron chi connectivity index (χ1n) is 5.84. The van der Waals surface area contributed by atoms with Crippen LogP contribution < -0.4 is 5.73 Å². The molecule has 1 saturated heterocycles. The fourth-order valence-corrected chi connectivity index (χ4v) is 2.10. The molecule has 3 nitrogen and oxygen atoms in total. The van der Waals surface area contributed by atoms with Crippen LogP contribution in [0.4, 0.5) is 0 Å². The van der Waals surface area contributed by atoms with Crippen molar-refractivity contribution in [1.82, 2.24) is 9.80 Å². The van der Waals surface area contributed by atoms with Crippen molar-refractivity contribution in [3.05, 3.63) is 0 Å². The van der Waals surface area contributed by atoms with Gasteiger partial charge in [0.05, 0.1) is 4.99 Å². The lowest BCUT2D eigenvalue weighted by atomic mass is 10.1. The lowest BCUT2D eigenvalue weighted by Gasteiger charge is -2.35. The van der Waals surface area contributed by atoms with Crippen LogP contribution in [0.1, 0.15) is 20.3 Å². The topological polar surface area (TPSA) is 32.5 Å². The van der Waals surface area contributed by atoms with Crippen molar-refractivity contribution >= 4 is 17.2 Å². The minimum absolute atomic E-state index is 0.616. The zero-order chi connectivity index (χ0) is 11.3.